The molecule has 1 fully saturated rings. The van der Waals surface area contributed by atoms with Gasteiger partial charge < -0.3 is 5.32 Å². The molecule has 0 spiro atoms. The largest absolute Gasteiger partial charge is 0.435 e. The molecule has 84 valence electrons. The summed E-state index contributed by atoms with van der Waals surface area (Å²) in [6, 6.07) is 1.02. The van der Waals surface area contributed by atoms with Gasteiger partial charge in [-0.3, -0.25) is 4.68 Å². The van der Waals surface area contributed by atoms with Crippen molar-refractivity contribution in [1.29, 1.82) is 0 Å². The van der Waals surface area contributed by atoms with E-state index in [9.17, 15) is 13.2 Å². The summed E-state index contributed by atoms with van der Waals surface area (Å²) in [5.41, 5.74) is -1.08. The van der Waals surface area contributed by atoms with Crippen LogP contribution in [0.25, 0.3) is 0 Å². The zero-order valence-electron chi connectivity index (χ0n) is 8.30. The summed E-state index contributed by atoms with van der Waals surface area (Å²) in [6.45, 7) is 3.32. The lowest BCUT2D eigenvalue weighted by Gasteiger charge is -2.42. The van der Waals surface area contributed by atoms with Crippen LogP contribution < -0.4 is 5.32 Å². The molecule has 2 heterocycles. The summed E-state index contributed by atoms with van der Waals surface area (Å²) in [4.78, 5) is 0. The third kappa shape index (κ3) is 1.62. The van der Waals surface area contributed by atoms with E-state index in [-0.39, 0.29) is 5.54 Å². The van der Waals surface area contributed by atoms with Crippen LogP contribution in [0.4, 0.5) is 13.2 Å². The highest BCUT2D eigenvalue weighted by Crippen LogP contribution is 2.30. The number of aromatic nitrogens is 2. The minimum atomic E-state index is -4.35. The summed E-state index contributed by atoms with van der Waals surface area (Å²) in [7, 11) is 0. The predicted molar refractivity (Wildman–Crippen MR) is 48.4 cm³/mol. The fourth-order valence-electron chi connectivity index (χ4n) is 1.73. The molecule has 0 unspecified atom stereocenters. The van der Waals surface area contributed by atoms with Crippen molar-refractivity contribution < 1.29 is 13.2 Å². The van der Waals surface area contributed by atoms with Crippen molar-refractivity contribution in [2.45, 2.75) is 25.1 Å². The van der Waals surface area contributed by atoms with Gasteiger partial charge in [-0.25, -0.2) is 0 Å². The van der Waals surface area contributed by atoms with Crippen LogP contribution in [0.15, 0.2) is 12.3 Å². The van der Waals surface area contributed by atoms with Crippen LogP contribution in [0, 0.1) is 0 Å². The Hall–Kier alpha value is -1.04. The first-order chi connectivity index (χ1) is 6.98. The first kappa shape index (κ1) is 10.5. The van der Waals surface area contributed by atoms with E-state index in [1.165, 1.54) is 10.9 Å². The highest BCUT2D eigenvalue weighted by Gasteiger charge is 2.40. The van der Waals surface area contributed by atoms with Gasteiger partial charge in [0.05, 0.1) is 5.54 Å². The standard InChI is InChI=1S/C9H12F3N3/c1-2-8(5-13-6-8)15-4-3-7(14-15)9(10,11)12/h3-4,13H,2,5-6H2,1H3. The molecule has 0 saturated carbocycles. The minimum Gasteiger partial charge on any atom is -0.312 e. The van der Waals surface area contributed by atoms with E-state index in [2.05, 4.69) is 10.4 Å². The van der Waals surface area contributed by atoms with Crippen LogP contribution in [0.1, 0.15) is 19.0 Å². The number of halogens is 3. The van der Waals surface area contributed by atoms with Gasteiger partial charge in [0.25, 0.3) is 0 Å². The van der Waals surface area contributed by atoms with E-state index >= 15 is 0 Å². The van der Waals surface area contributed by atoms with Gasteiger partial charge in [-0.2, -0.15) is 18.3 Å². The summed E-state index contributed by atoms with van der Waals surface area (Å²) >= 11 is 0. The zero-order chi connectivity index (χ0) is 11.1. The van der Waals surface area contributed by atoms with Gasteiger partial charge in [0.15, 0.2) is 5.69 Å². The molecule has 1 aromatic rings. The Kier molecular flexibility index (Phi) is 2.26. The van der Waals surface area contributed by atoms with Gasteiger partial charge in [0, 0.05) is 19.3 Å². The van der Waals surface area contributed by atoms with E-state index in [4.69, 9.17) is 0 Å². The smallest absolute Gasteiger partial charge is 0.312 e. The summed E-state index contributed by atoms with van der Waals surface area (Å²) in [6.07, 6.45) is -2.16. The Labute approximate surface area is 85.3 Å². The Morgan fingerprint density at radius 3 is 2.53 bits per heavy atom. The van der Waals surface area contributed by atoms with Crippen molar-refractivity contribution in [3.63, 3.8) is 0 Å². The van der Waals surface area contributed by atoms with Crippen LogP contribution in [0.5, 0.6) is 0 Å². The molecular formula is C9H12F3N3. The predicted octanol–water partition coefficient (Wildman–Crippen LogP) is 1.61. The van der Waals surface area contributed by atoms with Gasteiger partial charge in [-0.05, 0) is 12.5 Å². The first-order valence-corrected chi connectivity index (χ1v) is 4.82. The highest BCUT2D eigenvalue weighted by molar-refractivity contribution is 5.08. The molecule has 1 aliphatic rings. The van der Waals surface area contributed by atoms with Crippen LogP contribution in [0.2, 0.25) is 0 Å². The average Bonchev–Trinajstić information content (AvgIpc) is 2.51. The van der Waals surface area contributed by atoms with Gasteiger partial charge >= 0.3 is 6.18 Å². The number of rotatable bonds is 2. The lowest BCUT2D eigenvalue weighted by molar-refractivity contribution is -0.141. The Morgan fingerprint density at radius 1 is 1.53 bits per heavy atom. The topological polar surface area (TPSA) is 29.9 Å². The third-order valence-electron chi connectivity index (χ3n) is 2.93. The minimum absolute atomic E-state index is 0.260. The second kappa shape index (κ2) is 3.23. The fourth-order valence-corrected chi connectivity index (χ4v) is 1.73. The van der Waals surface area contributed by atoms with Crippen LogP contribution in [-0.4, -0.2) is 22.9 Å². The SMILES string of the molecule is CCC1(n2ccc(C(F)(F)F)n2)CNC1. The maximum Gasteiger partial charge on any atom is 0.435 e. The van der Waals surface area contributed by atoms with E-state index < -0.39 is 11.9 Å². The average molecular weight is 219 g/mol. The molecule has 0 atom stereocenters. The van der Waals surface area contributed by atoms with Crippen molar-refractivity contribution in [3.8, 4) is 0 Å². The second-order valence-electron chi connectivity index (χ2n) is 3.82. The summed E-state index contributed by atoms with van der Waals surface area (Å²) in [5.74, 6) is 0. The first-order valence-electron chi connectivity index (χ1n) is 4.82. The number of hydrogen-bond acceptors (Lipinski definition) is 2. The number of nitrogens with zero attached hydrogens (tertiary/aromatic N) is 2. The Morgan fingerprint density at radius 2 is 2.20 bits per heavy atom. The lowest BCUT2D eigenvalue weighted by Crippen LogP contribution is -2.60. The Balaban J connectivity index is 2.27. The monoisotopic (exact) mass is 219 g/mol. The van der Waals surface area contributed by atoms with Gasteiger partial charge in [0.2, 0.25) is 0 Å². The van der Waals surface area contributed by atoms with Gasteiger partial charge in [-0.1, -0.05) is 6.92 Å². The number of hydrogen-bond donors (Lipinski definition) is 1. The van der Waals surface area contributed by atoms with Crippen molar-refractivity contribution in [3.05, 3.63) is 18.0 Å². The normalized spacial score (nSPS) is 20.0. The van der Waals surface area contributed by atoms with Crippen molar-refractivity contribution >= 4 is 0 Å². The van der Waals surface area contributed by atoms with E-state index in [0.717, 1.165) is 12.5 Å². The molecule has 3 nitrogen and oxygen atoms in total. The molecule has 1 aromatic heterocycles. The van der Waals surface area contributed by atoms with E-state index in [0.29, 0.717) is 13.1 Å². The number of alkyl halides is 3. The third-order valence-corrected chi connectivity index (χ3v) is 2.93. The Bertz CT molecular complexity index is 346. The molecule has 0 aliphatic carbocycles. The molecule has 0 radical (unpaired) electrons. The summed E-state index contributed by atoms with van der Waals surface area (Å²) in [5, 5.41) is 6.66. The second-order valence-corrected chi connectivity index (χ2v) is 3.82. The van der Waals surface area contributed by atoms with Gasteiger partial charge in [0.1, 0.15) is 0 Å². The maximum absolute atomic E-state index is 12.3. The van der Waals surface area contributed by atoms with E-state index in [1.54, 1.807) is 0 Å². The lowest BCUT2D eigenvalue weighted by atomic mass is 9.90. The molecule has 15 heavy (non-hydrogen) atoms. The molecule has 0 aromatic carbocycles. The molecular weight excluding hydrogens is 207 g/mol. The zero-order valence-corrected chi connectivity index (χ0v) is 8.30. The molecule has 0 amide bonds. The van der Waals surface area contributed by atoms with Crippen molar-refractivity contribution in [2.75, 3.05) is 13.1 Å². The van der Waals surface area contributed by atoms with Crippen molar-refractivity contribution in [1.82, 2.24) is 15.1 Å². The molecule has 1 N–H and O–H groups in total. The fraction of sp³-hybridized carbons (Fsp3) is 0.667. The van der Waals surface area contributed by atoms with Crippen LogP contribution >= 0.6 is 0 Å². The maximum atomic E-state index is 12.3. The molecule has 1 saturated heterocycles. The summed E-state index contributed by atoms with van der Waals surface area (Å²) < 4.78 is 38.4. The molecule has 6 heteroatoms. The molecule has 0 bridgehead atoms. The molecule has 2 rings (SSSR count). The quantitative estimate of drug-likeness (QED) is 0.819. The van der Waals surface area contributed by atoms with Crippen LogP contribution in [-0.2, 0) is 11.7 Å². The van der Waals surface area contributed by atoms with Crippen molar-refractivity contribution in [2.24, 2.45) is 0 Å². The van der Waals surface area contributed by atoms with E-state index in [1.807, 2.05) is 6.92 Å². The highest BCUT2D eigenvalue weighted by atomic mass is 19.4. The van der Waals surface area contributed by atoms with Crippen LogP contribution in [0.3, 0.4) is 0 Å². The molecule has 1 aliphatic heterocycles. The van der Waals surface area contributed by atoms with Gasteiger partial charge in [-0.15, -0.1) is 0 Å². The number of nitrogens with one attached hydrogen (secondary N) is 1.